The van der Waals surface area contributed by atoms with Crippen molar-refractivity contribution in [2.75, 3.05) is 19.6 Å². The van der Waals surface area contributed by atoms with Crippen LogP contribution in [0.4, 0.5) is 4.39 Å². The van der Waals surface area contributed by atoms with Crippen molar-refractivity contribution in [3.05, 3.63) is 71.0 Å². The summed E-state index contributed by atoms with van der Waals surface area (Å²) in [6.07, 6.45) is 2.41. The molecule has 3 atom stereocenters. The number of piperidine rings is 1. The minimum absolute atomic E-state index is 0.0899. The Kier molecular flexibility index (Phi) is 5.34. The van der Waals surface area contributed by atoms with Crippen molar-refractivity contribution in [2.45, 2.75) is 38.3 Å². The normalized spacial score (nSPS) is 26.9. The third-order valence-electron chi connectivity index (χ3n) is 5.90. The van der Waals surface area contributed by atoms with Crippen LogP contribution < -0.4 is 10.9 Å². The van der Waals surface area contributed by atoms with Gasteiger partial charge < -0.3 is 0 Å². The summed E-state index contributed by atoms with van der Waals surface area (Å²) < 4.78 is 14.0. The molecule has 2 aliphatic rings. The molecule has 2 fully saturated rings. The number of hydrogen-bond donors (Lipinski definition) is 2. The van der Waals surface area contributed by atoms with Gasteiger partial charge in [-0.2, -0.15) is 0 Å². The predicted molar refractivity (Wildman–Crippen MR) is 103 cm³/mol. The predicted octanol–water partition coefficient (Wildman–Crippen LogP) is 3.61. The molecule has 0 radical (unpaired) electrons. The molecule has 2 N–H and O–H groups in total. The Balaban J connectivity index is 1.46. The van der Waals surface area contributed by atoms with Gasteiger partial charge in [0.05, 0.1) is 0 Å². The number of halogens is 1. The van der Waals surface area contributed by atoms with Gasteiger partial charge >= 0.3 is 0 Å². The molecule has 3 unspecified atom stereocenters. The number of nitrogens with one attached hydrogen (secondary N) is 2. The molecule has 2 aromatic rings. The molecule has 0 aliphatic carbocycles. The Morgan fingerprint density at radius 1 is 1.15 bits per heavy atom. The fourth-order valence-electron chi connectivity index (χ4n) is 4.58. The smallest absolute Gasteiger partial charge is 0.127 e. The number of likely N-dealkylation sites (tertiary alicyclic amines) is 1. The van der Waals surface area contributed by atoms with E-state index in [1.807, 2.05) is 12.1 Å². The van der Waals surface area contributed by atoms with Crippen LogP contribution in [-0.2, 0) is 6.54 Å². The maximum atomic E-state index is 14.0. The van der Waals surface area contributed by atoms with Crippen molar-refractivity contribution in [3.63, 3.8) is 0 Å². The standard InChI is InChI=1S/C22H28FN3/c1-16-6-4-8-17(12-16)20-13-24-25-22(20)19-9-5-11-26(15-19)14-18-7-2-3-10-21(18)23/h2-4,6-8,10,12,19-20,22,24-25H,5,9,11,13-15H2,1H3. The Labute approximate surface area is 155 Å². The van der Waals surface area contributed by atoms with E-state index in [2.05, 4.69) is 46.9 Å². The Hall–Kier alpha value is -1.75. The first-order valence-electron chi connectivity index (χ1n) is 9.71. The van der Waals surface area contributed by atoms with Crippen molar-refractivity contribution in [1.29, 1.82) is 0 Å². The van der Waals surface area contributed by atoms with Gasteiger partial charge in [-0.05, 0) is 43.9 Å². The summed E-state index contributed by atoms with van der Waals surface area (Å²) in [6.45, 7) is 5.91. The molecule has 2 aliphatic heterocycles. The molecule has 4 rings (SSSR count). The van der Waals surface area contributed by atoms with E-state index in [4.69, 9.17) is 0 Å². The lowest BCUT2D eigenvalue weighted by atomic mass is 9.81. The minimum atomic E-state index is -0.0899. The van der Waals surface area contributed by atoms with E-state index in [1.54, 1.807) is 12.1 Å². The maximum absolute atomic E-state index is 14.0. The zero-order valence-corrected chi connectivity index (χ0v) is 15.4. The first-order valence-corrected chi connectivity index (χ1v) is 9.71. The molecule has 26 heavy (non-hydrogen) atoms. The zero-order valence-electron chi connectivity index (χ0n) is 15.4. The second-order valence-electron chi connectivity index (χ2n) is 7.80. The molecule has 0 spiro atoms. The van der Waals surface area contributed by atoms with Gasteiger partial charge in [-0.15, -0.1) is 0 Å². The van der Waals surface area contributed by atoms with E-state index in [-0.39, 0.29) is 5.82 Å². The van der Waals surface area contributed by atoms with Gasteiger partial charge in [0.2, 0.25) is 0 Å². The lowest BCUT2D eigenvalue weighted by Gasteiger charge is -2.37. The molecule has 0 amide bonds. The van der Waals surface area contributed by atoms with Crippen LogP contribution in [0.2, 0.25) is 0 Å². The van der Waals surface area contributed by atoms with Crippen LogP contribution in [0, 0.1) is 18.7 Å². The zero-order chi connectivity index (χ0) is 17.9. The second kappa shape index (κ2) is 7.87. The molecular formula is C22H28FN3. The third-order valence-corrected chi connectivity index (χ3v) is 5.90. The Bertz CT molecular complexity index is 748. The van der Waals surface area contributed by atoms with E-state index in [0.717, 1.165) is 25.2 Å². The topological polar surface area (TPSA) is 27.3 Å². The van der Waals surface area contributed by atoms with Gasteiger partial charge in [-0.25, -0.2) is 4.39 Å². The summed E-state index contributed by atoms with van der Waals surface area (Å²) in [7, 11) is 0. The Morgan fingerprint density at radius 3 is 2.88 bits per heavy atom. The van der Waals surface area contributed by atoms with E-state index in [1.165, 1.54) is 24.0 Å². The highest BCUT2D eigenvalue weighted by molar-refractivity contribution is 5.28. The van der Waals surface area contributed by atoms with Crippen LogP contribution in [-0.4, -0.2) is 30.6 Å². The Morgan fingerprint density at radius 2 is 2.04 bits per heavy atom. The van der Waals surface area contributed by atoms with Crippen LogP contribution >= 0.6 is 0 Å². The van der Waals surface area contributed by atoms with Gasteiger partial charge in [0, 0.05) is 37.2 Å². The summed E-state index contributed by atoms with van der Waals surface area (Å²) >= 11 is 0. The van der Waals surface area contributed by atoms with Gasteiger partial charge in [0.25, 0.3) is 0 Å². The highest BCUT2D eigenvalue weighted by atomic mass is 19.1. The van der Waals surface area contributed by atoms with Crippen LogP contribution in [0.3, 0.4) is 0 Å². The fourth-order valence-corrected chi connectivity index (χ4v) is 4.58. The molecule has 138 valence electrons. The van der Waals surface area contributed by atoms with E-state index < -0.39 is 0 Å². The third kappa shape index (κ3) is 3.83. The first-order chi connectivity index (χ1) is 12.7. The summed E-state index contributed by atoms with van der Waals surface area (Å²) in [4.78, 5) is 2.42. The van der Waals surface area contributed by atoms with Crippen molar-refractivity contribution in [3.8, 4) is 0 Å². The van der Waals surface area contributed by atoms with Crippen LogP contribution in [0.1, 0.15) is 35.4 Å². The molecule has 0 saturated carbocycles. The molecule has 2 aromatic carbocycles. The highest BCUT2D eigenvalue weighted by Crippen LogP contribution is 2.32. The second-order valence-corrected chi connectivity index (χ2v) is 7.80. The van der Waals surface area contributed by atoms with Crippen molar-refractivity contribution in [2.24, 2.45) is 5.92 Å². The number of aryl methyl sites for hydroxylation is 1. The molecular weight excluding hydrogens is 325 g/mol. The van der Waals surface area contributed by atoms with Gasteiger partial charge in [0.1, 0.15) is 5.82 Å². The number of hydrazine groups is 1. The fraction of sp³-hybridized carbons (Fsp3) is 0.455. The number of rotatable bonds is 4. The number of nitrogens with zero attached hydrogens (tertiary/aromatic N) is 1. The summed E-state index contributed by atoms with van der Waals surface area (Å²) in [5.74, 6) is 0.984. The SMILES string of the molecule is Cc1cccc(C2CNNC2C2CCCN(Cc3ccccc3F)C2)c1. The van der Waals surface area contributed by atoms with Crippen molar-refractivity contribution < 1.29 is 4.39 Å². The summed E-state index contributed by atoms with van der Waals surface area (Å²) in [6, 6.07) is 16.5. The van der Waals surface area contributed by atoms with Crippen LogP contribution in [0.15, 0.2) is 48.5 Å². The van der Waals surface area contributed by atoms with Crippen LogP contribution in [0.25, 0.3) is 0 Å². The van der Waals surface area contributed by atoms with Gasteiger partial charge in [-0.1, -0.05) is 48.0 Å². The van der Waals surface area contributed by atoms with Crippen LogP contribution in [0.5, 0.6) is 0 Å². The lowest BCUT2D eigenvalue weighted by Crippen LogP contribution is -2.46. The largest absolute Gasteiger partial charge is 0.299 e. The molecule has 4 heteroatoms. The molecule has 2 heterocycles. The first kappa shape index (κ1) is 17.7. The minimum Gasteiger partial charge on any atom is -0.299 e. The van der Waals surface area contributed by atoms with Gasteiger partial charge in [-0.3, -0.25) is 15.8 Å². The summed E-state index contributed by atoms with van der Waals surface area (Å²) in [5, 5.41) is 0. The molecule has 0 bridgehead atoms. The molecule has 3 nitrogen and oxygen atoms in total. The lowest BCUT2D eigenvalue weighted by molar-refractivity contribution is 0.138. The maximum Gasteiger partial charge on any atom is 0.127 e. The number of hydrogen-bond acceptors (Lipinski definition) is 3. The average Bonchev–Trinajstić information content (AvgIpc) is 3.14. The molecule has 0 aromatic heterocycles. The van der Waals surface area contributed by atoms with E-state index in [9.17, 15) is 4.39 Å². The highest BCUT2D eigenvalue weighted by Gasteiger charge is 2.36. The van der Waals surface area contributed by atoms with Gasteiger partial charge in [0.15, 0.2) is 0 Å². The van der Waals surface area contributed by atoms with Crippen molar-refractivity contribution in [1.82, 2.24) is 15.8 Å². The number of benzene rings is 2. The monoisotopic (exact) mass is 353 g/mol. The van der Waals surface area contributed by atoms with E-state index in [0.29, 0.717) is 24.4 Å². The molecule has 2 saturated heterocycles. The summed E-state index contributed by atoms with van der Waals surface area (Å²) in [5.41, 5.74) is 10.5. The van der Waals surface area contributed by atoms with E-state index >= 15 is 0 Å². The van der Waals surface area contributed by atoms with Crippen molar-refractivity contribution >= 4 is 0 Å². The average molecular weight is 353 g/mol. The quantitative estimate of drug-likeness (QED) is 0.879.